The molecule has 0 bridgehead atoms. The Morgan fingerprint density at radius 1 is 0.565 bits per heavy atom. The molecule has 23 heavy (non-hydrogen) atoms. The first-order chi connectivity index (χ1) is 10.4. The van der Waals surface area contributed by atoms with Crippen LogP contribution in [0.15, 0.2) is 0 Å². The lowest BCUT2D eigenvalue weighted by Gasteiger charge is -2.43. The lowest BCUT2D eigenvalue weighted by atomic mass is 9.63. The molecule has 0 aliphatic carbocycles. The van der Waals surface area contributed by atoms with Crippen LogP contribution in [0.2, 0.25) is 0 Å². The minimum Gasteiger partial charge on any atom is -0.0651 e. The van der Waals surface area contributed by atoms with E-state index in [1.807, 2.05) is 0 Å². The molecule has 0 N–H and O–H groups in total. The van der Waals surface area contributed by atoms with Crippen molar-refractivity contribution in [3.05, 3.63) is 0 Å². The first kappa shape index (κ1) is 23.0. The Morgan fingerprint density at radius 3 is 1.26 bits per heavy atom. The Hall–Kier alpha value is 0. The molecule has 0 aliphatic rings. The molecule has 0 aromatic heterocycles. The van der Waals surface area contributed by atoms with E-state index in [0.717, 1.165) is 47.3 Å². The zero-order valence-corrected chi connectivity index (χ0v) is 18.5. The fourth-order valence-corrected chi connectivity index (χ4v) is 4.29. The second kappa shape index (κ2) is 9.47. The van der Waals surface area contributed by atoms with Crippen molar-refractivity contribution < 1.29 is 0 Å². The number of hydrogen-bond acceptors (Lipinski definition) is 0. The highest BCUT2D eigenvalue weighted by atomic mass is 14.4. The monoisotopic (exact) mass is 324 g/mol. The van der Waals surface area contributed by atoms with Crippen LogP contribution in [0.25, 0.3) is 0 Å². The lowest BCUT2D eigenvalue weighted by molar-refractivity contribution is 0.0633. The van der Waals surface area contributed by atoms with E-state index in [2.05, 4.69) is 83.1 Å². The molecule has 0 radical (unpaired) electrons. The molecule has 0 fully saturated rings. The second-order valence-electron chi connectivity index (χ2n) is 9.67. The summed E-state index contributed by atoms with van der Waals surface area (Å²) >= 11 is 0. The van der Waals surface area contributed by atoms with Crippen molar-refractivity contribution >= 4 is 0 Å². The van der Waals surface area contributed by atoms with Gasteiger partial charge in [0.25, 0.3) is 0 Å². The fraction of sp³-hybridized carbons (Fsp3) is 1.00. The van der Waals surface area contributed by atoms with Gasteiger partial charge in [0.15, 0.2) is 0 Å². The molecule has 0 saturated carbocycles. The van der Waals surface area contributed by atoms with Crippen LogP contribution in [0.5, 0.6) is 0 Å². The summed E-state index contributed by atoms with van der Waals surface area (Å²) in [6, 6.07) is 0. The van der Waals surface area contributed by atoms with Crippen LogP contribution in [0.3, 0.4) is 0 Å². The molecular weight excluding hydrogens is 276 g/mol. The molecule has 140 valence electrons. The predicted octanol–water partition coefficient (Wildman–Crippen LogP) is 7.92. The van der Waals surface area contributed by atoms with E-state index in [1.165, 1.54) is 12.8 Å². The lowest BCUT2D eigenvalue weighted by Crippen LogP contribution is -2.36. The molecule has 8 unspecified atom stereocenters. The van der Waals surface area contributed by atoms with Gasteiger partial charge in [0, 0.05) is 0 Å². The summed E-state index contributed by atoms with van der Waals surface area (Å²) in [4.78, 5) is 0. The van der Waals surface area contributed by atoms with Crippen molar-refractivity contribution in [1.82, 2.24) is 0 Å². The average Bonchev–Trinajstić information content (AvgIpc) is 2.55. The van der Waals surface area contributed by atoms with E-state index < -0.39 is 0 Å². The smallest absolute Gasteiger partial charge is 0.0329 e. The van der Waals surface area contributed by atoms with Gasteiger partial charge >= 0.3 is 0 Å². The van der Waals surface area contributed by atoms with Crippen LogP contribution in [0.4, 0.5) is 0 Å². The Kier molecular flexibility index (Phi) is 9.47. The number of rotatable bonds is 10. The van der Waals surface area contributed by atoms with Crippen LogP contribution in [-0.4, -0.2) is 0 Å². The fourth-order valence-electron chi connectivity index (χ4n) is 4.29. The maximum absolute atomic E-state index is 2.51. The minimum atomic E-state index is 0.451. The molecule has 0 aliphatic heterocycles. The van der Waals surface area contributed by atoms with Gasteiger partial charge in [-0.3, -0.25) is 0 Å². The summed E-state index contributed by atoms with van der Waals surface area (Å²) in [5, 5.41) is 0. The molecule has 0 spiro atoms. The Labute approximate surface area is 149 Å². The molecule has 0 aromatic rings. The Bertz CT molecular complexity index is 316. The van der Waals surface area contributed by atoms with Crippen molar-refractivity contribution in [2.75, 3.05) is 0 Å². The highest BCUT2D eigenvalue weighted by Crippen LogP contribution is 2.43. The number of hydrogen-bond donors (Lipinski definition) is 0. The molecular formula is C23H48. The second-order valence-corrected chi connectivity index (χ2v) is 9.67. The first-order valence-corrected chi connectivity index (χ1v) is 10.4. The third-order valence-corrected chi connectivity index (χ3v) is 8.62. The summed E-state index contributed by atoms with van der Waals surface area (Å²) in [7, 11) is 0. The van der Waals surface area contributed by atoms with Gasteiger partial charge in [-0.15, -0.1) is 0 Å². The van der Waals surface area contributed by atoms with Gasteiger partial charge in [-0.25, -0.2) is 0 Å². The third kappa shape index (κ3) is 5.79. The van der Waals surface area contributed by atoms with Crippen molar-refractivity contribution in [2.24, 2.45) is 52.8 Å². The predicted molar refractivity (Wildman–Crippen MR) is 108 cm³/mol. The summed E-state index contributed by atoms with van der Waals surface area (Å²) < 4.78 is 0. The van der Waals surface area contributed by atoms with Gasteiger partial charge in [0.1, 0.15) is 0 Å². The maximum atomic E-state index is 2.51. The SMILES string of the molecule is CCC(C)C(C)C(C)C(C)C(C)C(C)C(C)C(C)C(C)(C)CC. The van der Waals surface area contributed by atoms with Gasteiger partial charge in [0.2, 0.25) is 0 Å². The molecule has 0 nitrogen and oxygen atoms in total. The molecule has 0 heteroatoms. The first-order valence-electron chi connectivity index (χ1n) is 10.4. The van der Waals surface area contributed by atoms with Crippen molar-refractivity contribution in [2.45, 2.75) is 95.9 Å². The summed E-state index contributed by atoms with van der Waals surface area (Å²) in [6.45, 7) is 29.5. The van der Waals surface area contributed by atoms with Crippen molar-refractivity contribution in [3.63, 3.8) is 0 Å². The standard InChI is InChI=1S/C23H48/c1-13-15(3)16(4)17(5)18(6)19(7)20(8)21(9)22(10)23(11,12)14-2/h15-22H,13-14H2,1-12H3. The van der Waals surface area contributed by atoms with Gasteiger partial charge in [-0.1, -0.05) is 95.9 Å². The normalized spacial score (nSPS) is 23.5. The molecule has 0 heterocycles. The van der Waals surface area contributed by atoms with E-state index in [4.69, 9.17) is 0 Å². The van der Waals surface area contributed by atoms with Crippen LogP contribution in [0.1, 0.15) is 95.9 Å². The molecule has 0 rings (SSSR count). The zero-order chi connectivity index (χ0) is 18.5. The van der Waals surface area contributed by atoms with Crippen molar-refractivity contribution in [1.29, 1.82) is 0 Å². The summed E-state index contributed by atoms with van der Waals surface area (Å²) in [6.07, 6.45) is 2.58. The van der Waals surface area contributed by atoms with Crippen LogP contribution < -0.4 is 0 Å². The molecule has 8 atom stereocenters. The van der Waals surface area contributed by atoms with Gasteiger partial charge in [-0.2, -0.15) is 0 Å². The minimum absolute atomic E-state index is 0.451. The highest BCUT2D eigenvalue weighted by molar-refractivity contribution is 4.85. The molecule has 0 amide bonds. The van der Waals surface area contributed by atoms with Crippen LogP contribution in [0, 0.1) is 52.8 Å². The summed E-state index contributed by atoms with van der Waals surface area (Å²) in [5.41, 5.74) is 0.451. The molecule has 0 saturated heterocycles. The van der Waals surface area contributed by atoms with Crippen LogP contribution >= 0.6 is 0 Å². The zero-order valence-electron chi connectivity index (χ0n) is 18.5. The van der Waals surface area contributed by atoms with E-state index in [0.29, 0.717) is 5.41 Å². The largest absolute Gasteiger partial charge is 0.0651 e. The van der Waals surface area contributed by atoms with E-state index in [-0.39, 0.29) is 0 Å². The van der Waals surface area contributed by atoms with Crippen molar-refractivity contribution in [3.8, 4) is 0 Å². The van der Waals surface area contributed by atoms with Crippen LogP contribution in [-0.2, 0) is 0 Å². The quantitative estimate of drug-likeness (QED) is 0.383. The van der Waals surface area contributed by atoms with E-state index >= 15 is 0 Å². The van der Waals surface area contributed by atoms with E-state index in [1.54, 1.807) is 0 Å². The Balaban J connectivity index is 4.96. The average molecular weight is 325 g/mol. The van der Waals surface area contributed by atoms with Gasteiger partial charge in [-0.05, 0) is 52.8 Å². The summed E-state index contributed by atoms with van der Waals surface area (Å²) in [5.74, 6) is 6.42. The third-order valence-electron chi connectivity index (χ3n) is 8.62. The van der Waals surface area contributed by atoms with Gasteiger partial charge < -0.3 is 0 Å². The van der Waals surface area contributed by atoms with E-state index in [9.17, 15) is 0 Å². The van der Waals surface area contributed by atoms with Gasteiger partial charge in [0.05, 0.1) is 0 Å². The maximum Gasteiger partial charge on any atom is -0.0329 e. The molecule has 0 aromatic carbocycles. The Morgan fingerprint density at radius 2 is 0.913 bits per heavy atom. The topological polar surface area (TPSA) is 0 Å². The highest BCUT2D eigenvalue weighted by Gasteiger charge is 2.36.